The zero-order valence-electron chi connectivity index (χ0n) is 16.0. The molecule has 3 rings (SSSR count). The molecule has 1 atom stereocenters. The lowest BCUT2D eigenvalue weighted by Gasteiger charge is -2.25. The fraction of sp³-hybridized carbons (Fsp3) is 0.500. The number of aromatic nitrogens is 1. The number of hydrogen-bond acceptors (Lipinski definition) is 5. The van der Waals surface area contributed by atoms with Gasteiger partial charge in [-0.25, -0.2) is 4.79 Å². The highest BCUT2D eigenvalue weighted by Crippen LogP contribution is 2.23. The predicted molar refractivity (Wildman–Crippen MR) is 98.6 cm³/mol. The molecule has 3 heterocycles. The highest BCUT2D eigenvalue weighted by Gasteiger charge is 2.27. The van der Waals surface area contributed by atoms with Gasteiger partial charge in [0.05, 0.1) is 19.0 Å². The summed E-state index contributed by atoms with van der Waals surface area (Å²) in [6, 6.07) is 3.36. The van der Waals surface area contributed by atoms with E-state index in [0.717, 1.165) is 36.3 Å². The third-order valence-corrected chi connectivity index (χ3v) is 4.89. The lowest BCUT2D eigenvalue weighted by molar-refractivity contribution is 0.0483. The maximum atomic E-state index is 12.9. The van der Waals surface area contributed by atoms with Crippen LogP contribution in [-0.2, 0) is 16.0 Å². The Morgan fingerprint density at radius 1 is 1.37 bits per heavy atom. The molecule has 146 valence electrons. The fourth-order valence-corrected chi connectivity index (χ4v) is 3.43. The minimum absolute atomic E-state index is 0.0213. The van der Waals surface area contributed by atoms with Crippen molar-refractivity contribution in [1.29, 1.82) is 0 Å². The van der Waals surface area contributed by atoms with E-state index in [0.29, 0.717) is 31.2 Å². The van der Waals surface area contributed by atoms with Gasteiger partial charge in [-0.05, 0) is 56.9 Å². The molecule has 27 heavy (non-hydrogen) atoms. The maximum absolute atomic E-state index is 12.9. The number of esters is 1. The van der Waals surface area contributed by atoms with E-state index in [1.54, 1.807) is 24.0 Å². The molecule has 0 aromatic carbocycles. The Kier molecular flexibility index (Phi) is 6.01. The summed E-state index contributed by atoms with van der Waals surface area (Å²) in [7, 11) is 0. The summed E-state index contributed by atoms with van der Waals surface area (Å²) in [5.74, 6) is -0.273. The van der Waals surface area contributed by atoms with Crippen molar-refractivity contribution in [3.63, 3.8) is 0 Å². The molecule has 1 N–H and O–H groups in total. The van der Waals surface area contributed by atoms with Crippen LogP contribution in [0.5, 0.6) is 0 Å². The average Bonchev–Trinajstić information content (AvgIpc) is 3.39. The second-order valence-corrected chi connectivity index (χ2v) is 6.75. The molecule has 1 amide bonds. The van der Waals surface area contributed by atoms with Gasteiger partial charge in [0.25, 0.3) is 5.91 Å². The van der Waals surface area contributed by atoms with Crippen LogP contribution in [0.25, 0.3) is 0 Å². The number of H-pyrrole nitrogens is 1. The smallest absolute Gasteiger partial charge is 0.355 e. The molecule has 1 fully saturated rings. The van der Waals surface area contributed by atoms with Crippen molar-refractivity contribution in [2.24, 2.45) is 0 Å². The second kappa shape index (κ2) is 8.43. The van der Waals surface area contributed by atoms with Gasteiger partial charge < -0.3 is 23.8 Å². The minimum atomic E-state index is -0.382. The van der Waals surface area contributed by atoms with Gasteiger partial charge in [-0.2, -0.15) is 0 Å². The number of carbonyl (C=O) groups is 2. The molecule has 2 aromatic rings. The van der Waals surface area contributed by atoms with Crippen LogP contribution >= 0.6 is 0 Å². The van der Waals surface area contributed by atoms with Crippen molar-refractivity contribution in [3.05, 3.63) is 46.7 Å². The number of rotatable bonds is 7. The molecule has 0 spiro atoms. The Bertz CT molecular complexity index is 788. The van der Waals surface area contributed by atoms with E-state index in [-0.39, 0.29) is 18.0 Å². The van der Waals surface area contributed by atoms with Crippen molar-refractivity contribution in [1.82, 2.24) is 9.88 Å². The van der Waals surface area contributed by atoms with Gasteiger partial charge >= 0.3 is 5.97 Å². The van der Waals surface area contributed by atoms with Gasteiger partial charge in [-0.3, -0.25) is 4.79 Å². The summed E-state index contributed by atoms with van der Waals surface area (Å²) in [6.45, 7) is 7.43. The lowest BCUT2D eigenvalue weighted by Crippen LogP contribution is -2.37. The molecule has 0 aliphatic carbocycles. The number of nitrogens with one attached hydrogen (secondary N) is 1. The monoisotopic (exact) mass is 374 g/mol. The number of aryl methyl sites for hydroxylation is 1. The summed E-state index contributed by atoms with van der Waals surface area (Å²) in [4.78, 5) is 29.9. The highest BCUT2D eigenvalue weighted by molar-refractivity contribution is 5.92. The van der Waals surface area contributed by atoms with Gasteiger partial charge in [-0.15, -0.1) is 0 Å². The van der Waals surface area contributed by atoms with E-state index < -0.39 is 0 Å². The van der Waals surface area contributed by atoms with E-state index in [2.05, 4.69) is 4.98 Å². The Labute approximate surface area is 158 Å². The van der Waals surface area contributed by atoms with Gasteiger partial charge in [0.15, 0.2) is 5.76 Å². The molecule has 0 saturated carbocycles. The van der Waals surface area contributed by atoms with Crippen LogP contribution in [-0.4, -0.2) is 47.6 Å². The van der Waals surface area contributed by atoms with E-state index in [1.165, 1.54) is 6.26 Å². The van der Waals surface area contributed by atoms with Crippen molar-refractivity contribution >= 4 is 11.9 Å². The molecule has 0 radical (unpaired) electrons. The zero-order chi connectivity index (χ0) is 19.4. The number of carbonyl (C=O) groups excluding carboxylic acids is 2. The van der Waals surface area contributed by atoms with Gasteiger partial charge in [0.1, 0.15) is 5.69 Å². The van der Waals surface area contributed by atoms with Crippen LogP contribution in [0.3, 0.4) is 0 Å². The largest absolute Gasteiger partial charge is 0.461 e. The second-order valence-electron chi connectivity index (χ2n) is 6.75. The summed E-state index contributed by atoms with van der Waals surface area (Å²) < 4.78 is 16.1. The van der Waals surface area contributed by atoms with Crippen molar-refractivity contribution in [2.45, 2.75) is 46.3 Å². The summed E-state index contributed by atoms with van der Waals surface area (Å²) >= 11 is 0. The Morgan fingerprint density at radius 2 is 2.19 bits per heavy atom. The SMILES string of the molecule is CCOC(=O)c1[nH]c(C)c(CN(C[C@@H]2CCCO2)C(=O)c2ccco2)c1C. The molecule has 1 aliphatic rings. The first-order valence-corrected chi connectivity index (χ1v) is 9.30. The number of hydrogen-bond donors (Lipinski definition) is 1. The molecule has 2 aromatic heterocycles. The number of aromatic amines is 1. The van der Waals surface area contributed by atoms with Crippen LogP contribution in [0, 0.1) is 13.8 Å². The normalized spacial score (nSPS) is 16.5. The van der Waals surface area contributed by atoms with E-state index in [1.807, 2.05) is 13.8 Å². The maximum Gasteiger partial charge on any atom is 0.355 e. The molecule has 0 unspecified atom stereocenters. The third-order valence-electron chi connectivity index (χ3n) is 4.89. The Morgan fingerprint density at radius 3 is 2.81 bits per heavy atom. The van der Waals surface area contributed by atoms with E-state index in [4.69, 9.17) is 13.9 Å². The van der Waals surface area contributed by atoms with Crippen LogP contribution in [0.4, 0.5) is 0 Å². The zero-order valence-corrected chi connectivity index (χ0v) is 16.0. The van der Waals surface area contributed by atoms with Crippen molar-refractivity contribution < 1.29 is 23.5 Å². The van der Waals surface area contributed by atoms with Gasteiger partial charge in [-0.1, -0.05) is 0 Å². The first-order chi connectivity index (χ1) is 13.0. The Balaban J connectivity index is 1.85. The molecule has 7 heteroatoms. The van der Waals surface area contributed by atoms with E-state index >= 15 is 0 Å². The minimum Gasteiger partial charge on any atom is -0.461 e. The molecule has 1 aliphatic heterocycles. The van der Waals surface area contributed by atoms with Gasteiger partial charge in [0, 0.05) is 25.4 Å². The van der Waals surface area contributed by atoms with Crippen LogP contribution < -0.4 is 0 Å². The standard InChI is InChI=1S/C20H26N2O5/c1-4-25-20(24)18-13(2)16(14(3)21-18)12-22(11-15-7-5-9-26-15)19(23)17-8-6-10-27-17/h6,8,10,15,21H,4-5,7,9,11-12H2,1-3H3/t15-/m0/s1. The lowest BCUT2D eigenvalue weighted by atomic mass is 10.1. The van der Waals surface area contributed by atoms with Crippen molar-refractivity contribution in [3.8, 4) is 0 Å². The van der Waals surface area contributed by atoms with Crippen LogP contribution in [0.15, 0.2) is 22.8 Å². The number of amides is 1. The topological polar surface area (TPSA) is 84.8 Å². The number of ether oxygens (including phenoxy) is 2. The molecular weight excluding hydrogens is 348 g/mol. The average molecular weight is 374 g/mol. The van der Waals surface area contributed by atoms with E-state index in [9.17, 15) is 9.59 Å². The summed E-state index contributed by atoms with van der Waals surface area (Å²) in [5.41, 5.74) is 3.00. The Hall–Kier alpha value is -2.54. The molecular formula is C20H26N2O5. The summed E-state index contributed by atoms with van der Waals surface area (Å²) in [6.07, 6.45) is 3.44. The van der Waals surface area contributed by atoms with Gasteiger partial charge in [0.2, 0.25) is 0 Å². The number of nitrogens with zero attached hydrogens (tertiary/aromatic N) is 1. The molecule has 1 saturated heterocycles. The first-order valence-electron chi connectivity index (χ1n) is 9.30. The van der Waals surface area contributed by atoms with Crippen molar-refractivity contribution in [2.75, 3.05) is 19.8 Å². The fourth-order valence-electron chi connectivity index (χ4n) is 3.43. The first kappa shape index (κ1) is 19.2. The summed E-state index contributed by atoms with van der Waals surface area (Å²) in [5, 5.41) is 0. The quantitative estimate of drug-likeness (QED) is 0.752. The molecule has 0 bridgehead atoms. The van der Waals surface area contributed by atoms with Crippen LogP contribution in [0.1, 0.15) is 57.6 Å². The highest BCUT2D eigenvalue weighted by atomic mass is 16.5. The predicted octanol–water partition coefficient (Wildman–Crippen LogP) is 3.22. The van der Waals surface area contributed by atoms with Crippen LogP contribution in [0.2, 0.25) is 0 Å². The number of furan rings is 1. The molecule has 7 nitrogen and oxygen atoms in total. The third kappa shape index (κ3) is 4.24.